The maximum Gasteiger partial charge on any atom is 0.239 e. The van der Waals surface area contributed by atoms with Crippen molar-refractivity contribution in [3.8, 4) is 6.07 Å². The molecule has 2 aromatic heterocycles. The average Bonchev–Trinajstić information content (AvgIpc) is 3.61. The molecule has 1 amide bonds. The van der Waals surface area contributed by atoms with E-state index in [1.165, 1.54) is 19.0 Å². The van der Waals surface area contributed by atoms with Crippen molar-refractivity contribution in [3.63, 3.8) is 0 Å². The Bertz CT molecular complexity index is 1350. The number of fused-ring (bicyclic) bond motifs is 2. The molecule has 1 aliphatic heterocycles. The lowest BCUT2D eigenvalue weighted by Crippen LogP contribution is -2.49. The number of nitrogens with zero attached hydrogens (tertiary/aromatic N) is 3. The summed E-state index contributed by atoms with van der Waals surface area (Å²) in [5.74, 6) is 0.681. The Labute approximate surface area is 203 Å². The summed E-state index contributed by atoms with van der Waals surface area (Å²) in [7, 11) is 0. The third-order valence-electron chi connectivity index (χ3n) is 8.39. The van der Waals surface area contributed by atoms with Crippen molar-refractivity contribution < 1.29 is 19.8 Å². The second kappa shape index (κ2) is 7.80. The number of benzene rings is 1. The summed E-state index contributed by atoms with van der Waals surface area (Å²) < 4.78 is 0.919. The topological polar surface area (TPSA) is 116 Å². The highest BCUT2D eigenvalue weighted by molar-refractivity contribution is 5.87. The Kier molecular flexibility index (Phi) is 4.92. The number of hydrogen-bond acceptors (Lipinski definition) is 5. The number of nitrogens with one attached hydrogen (secondary N) is 2. The molecule has 2 saturated carbocycles. The Morgan fingerprint density at radius 1 is 1.26 bits per heavy atom. The minimum Gasteiger partial charge on any atom is -0.372 e. The zero-order valence-corrected chi connectivity index (χ0v) is 19.8. The third kappa shape index (κ3) is 3.58. The van der Waals surface area contributed by atoms with Gasteiger partial charge >= 0.3 is 0 Å². The number of carbonyl (C=O) groups excluding carboxylic acids is 1. The lowest BCUT2D eigenvalue weighted by Gasteiger charge is -2.33. The van der Waals surface area contributed by atoms with Gasteiger partial charge in [0, 0.05) is 22.4 Å². The summed E-state index contributed by atoms with van der Waals surface area (Å²) >= 11 is 0. The summed E-state index contributed by atoms with van der Waals surface area (Å²) in [4.78, 5) is 18.9. The van der Waals surface area contributed by atoms with E-state index >= 15 is 0 Å². The maximum atomic E-state index is 13.7. The van der Waals surface area contributed by atoms with Crippen LogP contribution in [0.5, 0.6) is 0 Å². The van der Waals surface area contributed by atoms with E-state index in [0.29, 0.717) is 29.6 Å². The van der Waals surface area contributed by atoms with E-state index in [-0.39, 0.29) is 17.2 Å². The van der Waals surface area contributed by atoms with E-state index in [9.17, 15) is 20.4 Å². The number of aromatic nitrogens is 2. The van der Waals surface area contributed by atoms with E-state index in [1.807, 2.05) is 41.3 Å². The fourth-order valence-corrected chi connectivity index (χ4v) is 6.17. The van der Waals surface area contributed by atoms with Crippen molar-refractivity contribution in [1.29, 1.82) is 5.26 Å². The van der Waals surface area contributed by atoms with Gasteiger partial charge in [-0.3, -0.25) is 14.9 Å². The van der Waals surface area contributed by atoms with Crippen LogP contribution in [0.1, 0.15) is 61.8 Å². The van der Waals surface area contributed by atoms with Gasteiger partial charge in [0.15, 0.2) is 0 Å². The van der Waals surface area contributed by atoms with Gasteiger partial charge in [-0.2, -0.15) is 5.26 Å². The van der Waals surface area contributed by atoms with Crippen molar-refractivity contribution in [1.82, 2.24) is 15.2 Å². The van der Waals surface area contributed by atoms with E-state index in [1.54, 1.807) is 6.20 Å². The number of rotatable bonds is 6. The number of H-pyrrole nitrogens is 1. The molecule has 35 heavy (non-hydrogen) atoms. The van der Waals surface area contributed by atoms with Gasteiger partial charge in [-0.25, -0.2) is 0 Å². The van der Waals surface area contributed by atoms with Gasteiger partial charge in [0.25, 0.3) is 0 Å². The summed E-state index contributed by atoms with van der Waals surface area (Å²) in [5.41, 5.74) is 2.37. The number of aliphatic hydroxyl groups excluding tert-OH is 1. The minimum atomic E-state index is -0.945. The highest BCUT2D eigenvalue weighted by Gasteiger charge is 2.69. The molecule has 3 fully saturated rings. The molecule has 5 atom stereocenters. The predicted octanol–water partition coefficient (Wildman–Crippen LogP) is 2.90. The second-order valence-corrected chi connectivity index (χ2v) is 10.9. The molecule has 6 rings (SSSR count). The number of hydrogen-bond donors (Lipinski definition) is 4. The van der Waals surface area contributed by atoms with Gasteiger partial charge in [0.05, 0.1) is 28.8 Å². The Morgan fingerprint density at radius 3 is 2.77 bits per heavy atom. The molecular formula is C27H30N5O3+. The molecule has 2 aliphatic carbocycles. The summed E-state index contributed by atoms with van der Waals surface area (Å²) in [6.45, 7) is 4.94. The van der Waals surface area contributed by atoms with Crippen LogP contribution >= 0.6 is 0 Å². The molecule has 0 radical (unpaired) electrons. The van der Waals surface area contributed by atoms with Crippen LogP contribution in [0.15, 0.2) is 48.8 Å². The minimum absolute atomic E-state index is 0.00282. The highest BCUT2D eigenvalue weighted by Crippen LogP contribution is 2.65. The quantitative estimate of drug-likeness (QED) is 0.325. The van der Waals surface area contributed by atoms with E-state index < -0.39 is 18.3 Å². The van der Waals surface area contributed by atoms with Crippen LogP contribution in [0.25, 0.3) is 10.8 Å². The number of pyridine rings is 1. The molecule has 4 N–H and O–H groups in total. The summed E-state index contributed by atoms with van der Waals surface area (Å²) in [6.07, 6.45) is 4.44. The largest absolute Gasteiger partial charge is 0.372 e. The number of carbonyl (C=O) groups is 1. The fraction of sp³-hybridized carbons (Fsp3) is 0.444. The maximum absolute atomic E-state index is 13.7. The molecular weight excluding hydrogens is 442 g/mol. The number of amides is 1. The van der Waals surface area contributed by atoms with Crippen molar-refractivity contribution in [2.24, 2.45) is 17.3 Å². The highest BCUT2D eigenvalue weighted by atomic mass is 16.5. The Hall–Kier alpha value is -3.41. The smallest absolute Gasteiger partial charge is 0.239 e. The summed E-state index contributed by atoms with van der Waals surface area (Å²) in [5, 5.41) is 35.9. The van der Waals surface area contributed by atoms with Crippen LogP contribution in [0, 0.1) is 28.6 Å². The number of nitriles is 1. The lowest BCUT2D eigenvalue weighted by atomic mass is 9.98. The van der Waals surface area contributed by atoms with Gasteiger partial charge in [0.2, 0.25) is 18.3 Å². The van der Waals surface area contributed by atoms with Crippen molar-refractivity contribution in [3.05, 3.63) is 65.7 Å². The van der Waals surface area contributed by atoms with E-state index in [2.05, 4.69) is 30.2 Å². The third-order valence-corrected chi connectivity index (χ3v) is 8.39. The monoisotopic (exact) mass is 472 g/mol. The van der Waals surface area contributed by atoms with Gasteiger partial charge in [0.1, 0.15) is 12.3 Å². The van der Waals surface area contributed by atoms with Gasteiger partial charge in [-0.15, -0.1) is 0 Å². The Balaban J connectivity index is 1.28. The molecule has 3 heterocycles. The van der Waals surface area contributed by atoms with Crippen molar-refractivity contribution >= 4 is 16.7 Å². The molecule has 0 spiro atoms. The van der Waals surface area contributed by atoms with Crippen LogP contribution in [-0.2, 0) is 4.79 Å². The molecule has 1 saturated heterocycles. The normalized spacial score (nSPS) is 26.6. The van der Waals surface area contributed by atoms with Crippen LogP contribution in [0.3, 0.4) is 0 Å². The second-order valence-electron chi connectivity index (χ2n) is 10.9. The predicted molar refractivity (Wildman–Crippen MR) is 127 cm³/mol. The standard InChI is InChI=1S/C27H29N5O3/c1-27(2)19-14-32(26(34)21-10-9-20(29-21)15-7-8-15)24(23(19)27)25(33)30-22(11-28)18-13-31(35)12-16-5-3-4-6-17(16)18/h3-6,9-10,12-13,15,19,22-24,26,29,34H,7-8,14H2,1-2H3,(H-,30,33,35)/p+1/t19-,22?,23-,24-,26?/m0/s1. The zero-order chi connectivity index (χ0) is 24.5. The molecule has 0 bridgehead atoms. The van der Waals surface area contributed by atoms with Crippen molar-refractivity contribution in [2.45, 2.75) is 50.9 Å². The van der Waals surface area contributed by atoms with Crippen LogP contribution < -0.4 is 10.0 Å². The zero-order valence-electron chi connectivity index (χ0n) is 19.8. The number of aromatic amines is 1. The Morgan fingerprint density at radius 2 is 2.03 bits per heavy atom. The van der Waals surface area contributed by atoms with Crippen LogP contribution in [0.2, 0.25) is 0 Å². The average molecular weight is 473 g/mol. The number of aliphatic hydroxyl groups is 1. The molecule has 8 heteroatoms. The molecule has 8 nitrogen and oxygen atoms in total. The molecule has 3 aromatic rings. The number of piperidine rings is 1. The first-order valence-electron chi connectivity index (χ1n) is 12.3. The first kappa shape index (κ1) is 22.1. The van der Waals surface area contributed by atoms with Gasteiger partial charge < -0.3 is 15.4 Å². The van der Waals surface area contributed by atoms with Crippen LogP contribution in [-0.4, -0.2) is 38.7 Å². The summed E-state index contributed by atoms with van der Waals surface area (Å²) in [6, 6.07) is 12.1. The van der Waals surface area contributed by atoms with Crippen LogP contribution in [0.4, 0.5) is 0 Å². The SMILES string of the molecule is CC1(C)[C@@H]2[C@@H](C(=O)NC(C#N)c3c[n+](O)cc4ccccc34)N(C(O)c3ccc(C4CC4)[nH]3)C[C@@H]21. The fourth-order valence-electron chi connectivity index (χ4n) is 6.17. The first-order valence-corrected chi connectivity index (χ1v) is 12.3. The first-order chi connectivity index (χ1) is 16.8. The molecule has 2 unspecified atom stereocenters. The molecule has 1 aromatic carbocycles. The molecule has 180 valence electrons. The molecule has 3 aliphatic rings. The number of likely N-dealkylation sites (tertiary alicyclic amines) is 1. The van der Waals surface area contributed by atoms with Crippen molar-refractivity contribution in [2.75, 3.05) is 6.54 Å². The van der Waals surface area contributed by atoms with Gasteiger partial charge in [-0.05, 0) is 54.2 Å². The van der Waals surface area contributed by atoms with E-state index in [4.69, 9.17) is 0 Å². The van der Waals surface area contributed by atoms with Gasteiger partial charge in [-0.1, -0.05) is 32.0 Å². The lowest BCUT2D eigenvalue weighted by molar-refractivity contribution is -0.904. The van der Waals surface area contributed by atoms with E-state index in [0.717, 1.165) is 21.2 Å².